The Morgan fingerprint density at radius 2 is 0.955 bits per heavy atom. The minimum Gasteiger partial charge on any atom is -0.305 e. The Morgan fingerprint density at radius 1 is 0.545 bits per heavy atom. The monoisotopic (exact) mass is 292 g/mol. The zero-order chi connectivity index (χ0) is 15.7. The number of hydrogen-bond donors (Lipinski definition) is 0. The van der Waals surface area contributed by atoms with E-state index in [1.807, 2.05) is 0 Å². The third kappa shape index (κ3) is 3.29. The first-order valence-electron chi connectivity index (χ1n) is 7.76. The molecule has 0 saturated carbocycles. The van der Waals surface area contributed by atoms with Gasteiger partial charge in [0, 0.05) is 13.1 Å². The maximum atomic E-state index is 2.32. The van der Waals surface area contributed by atoms with Crippen LogP contribution < -0.4 is 0 Å². The molecule has 0 fully saturated rings. The number of rotatable bonds is 4. The highest BCUT2D eigenvalue weighted by atomic mass is 15.1. The van der Waals surface area contributed by atoms with Gasteiger partial charge in [0.2, 0.25) is 0 Å². The fraction of sp³-hybridized carbons (Fsp3) is 0.300. The lowest BCUT2D eigenvalue weighted by Crippen LogP contribution is -2.10. The molecule has 2 nitrogen and oxygen atoms in total. The van der Waals surface area contributed by atoms with Crippen LogP contribution in [0.25, 0.3) is 21.5 Å². The summed E-state index contributed by atoms with van der Waals surface area (Å²) < 4.78 is 0. The summed E-state index contributed by atoms with van der Waals surface area (Å²) in [6.45, 7) is 1.96. The molecule has 3 rings (SSSR count). The zero-order valence-corrected chi connectivity index (χ0v) is 13.9. The van der Waals surface area contributed by atoms with Crippen molar-refractivity contribution in [3.05, 3.63) is 59.7 Å². The van der Waals surface area contributed by atoms with Gasteiger partial charge in [-0.3, -0.25) is 0 Å². The first-order valence-corrected chi connectivity index (χ1v) is 7.76. The first kappa shape index (κ1) is 15.0. The van der Waals surface area contributed by atoms with E-state index in [1.165, 1.54) is 32.7 Å². The van der Waals surface area contributed by atoms with Crippen LogP contribution in [0.15, 0.2) is 48.5 Å². The molecule has 3 aromatic rings. The molecule has 0 spiro atoms. The summed E-state index contributed by atoms with van der Waals surface area (Å²) in [4.78, 5) is 4.41. The molecular weight excluding hydrogens is 268 g/mol. The molecule has 114 valence electrons. The summed E-state index contributed by atoms with van der Waals surface area (Å²) in [5, 5.41) is 5.29. The molecular formula is C20H24N2. The molecule has 0 unspecified atom stereocenters. The van der Waals surface area contributed by atoms with Crippen LogP contribution in [-0.2, 0) is 13.1 Å². The van der Waals surface area contributed by atoms with Gasteiger partial charge < -0.3 is 9.80 Å². The average molecular weight is 292 g/mol. The molecule has 0 bridgehead atoms. The highest BCUT2D eigenvalue weighted by Crippen LogP contribution is 2.25. The molecule has 0 aromatic heterocycles. The van der Waals surface area contributed by atoms with Gasteiger partial charge in [0.05, 0.1) is 0 Å². The van der Waals surface area contributed by atoms with Crippen molar-refractivity contribution in [3.8, 4) is 0 Å². The van der Waals surface area contributed by atoms with E-state index >= 15 is 0 Å². The second kappa shape index (κ2) is 6.07. The maximum absolute atomic E-state index is 2.32. The Bertz CT molecular complexity index is 738. The fourth-order valence-corrected chi connectivity index (χ4v) is 3.02. The van der Waals surface area contributed by atoms with Gasteiger partial charge in [-0.25, -0.2) is 0 Å². The van der Waals surface area contributed by atoms with E-state index in [0.717, 1.165) is 13.1 Å². The molecule has 0 aliphatic heterocycles. The SMILES string of the molecule is CN(C)Cc1ccc2cc3ccc(CN(C)C)cc3cc2c1. The number of benzene rings is 3. The van der Waals surface area contributed by atoms with E-state index < -0.39 is 0 Å². The summed E-state index contributed by atoms with van der Waals surface area (Å²) in [5.74, 6) is 0. The van der Waals surface area contributed by atoms with E-state index in [4.69, 9.17) is 0 Å². The highest BCUT2D eigenvalue weighted by Gasteiger charge is 2.03. The second-order valence-corrected chi connectivity index (χ2v) is 6.69. The fourth-order valence-electron chi connectivity index (χ4n) is 3.02. The van der Waals surface area contributed by atoms with Crippen molar-refractivity contribution >= 4 is 21.5 Å². The van der Waals surface area contributed by atoms with Crippen LogP contribution in [-0.4, -0.2) is 38.0 Å². The van der Waals surface area contributed by atoms with Gasteiger partial charge >= 0.3 is 0 Å². The van der Waals surface area contributed by atoms with E-state index in [-0.39, 0.29) is 0 Å². The molecule has 22 heavy (non-hydrogen) atoms. The van der Waals surface area contributed by atoms with Crippen molar-refractivity contribution in [1.29, 1.82) is 0 Å². The highest BCUT2D eigenvalue weighted by molar-refractivity contribution is 5.98. The lowest BCUT2D eigenvalue weighted by Gasteiger charge is -2.12. The Kier molecular flexibility index (Phi) is 4.14. The van der Waals surface area contributed by atoms with Gasteiger partial charge in [-0.05, 0) is 85.1 Å². The first-order chi connectivity index (χ1) is 10.5. The zero-order valence-electron chi connectivity index (χ0n) is 13.9. The topological polar surface area (TPSA) is 6.48 Å². The van der Waals surface area contributed by atoms with Crippen molar-refractivity contribution in [2.75, 3.05) is 28.2 Å². The minimum absolute atomic E-state index is 0.981. The van der Waals surface area contributed by atoms with E-state index in [9.17, 15) is 0 Å². The van der Waals surface area contributed by atoms with Crippen LogP contribution in [0.3, 0.4) is 0 Å². The summed E-state index contributed by atoms with van der Waals surface area (Å²) in [7, 11) is 8.44. The maximum Gasteiger partial charge on any atom is 0.0227 e. The molecule has 3 aromatic carbocycles. The Balaban J connectivity index is 2.07. The van der Waals surface area contributed by atoms with E-state index in [1.54, 1.807) is 0 Å². The van der Waals surface area contributed by atoms with Crippen molar-refractivity contribution in [2.45, 2.75) is 13.1 Å². The molecule has 0 saturated heterocycles. The van der Waals surface area contributed by atoms with Crippen molar-refractivity contribution < 1.29 is 0 Å². The standard InChI is InChI=1S/C20H24N2/c1-21(2)13-15-5-7-17-11-18-8-6-16(14-22(3)4)10-20(18)12-19(17)9-15/h5-12H,13-14H2,1-4H3. The van der Waals surface area contributed by atoms with Crippen LogP contribution in [0.5, 0.6) is 0 Å². The normalized spacial score (nSPS) is 11.9. The number of fused-ring (bicyclic) bond motifs is 2. The third-order valence-corrected chi connectivity index (χ3v) is 3.92. The van der Waals surface area contributed by atoms with Crippen molar-refractivity contribution in [2.24, 2.45) is 0 Å². The van der Waals surface area contributed by atoms with E-state index in [0.29, 0.717) is 0 Å². The van der Waals surface area contributed by atoms with Crippen LogP contribution in [0.2, 0.25) is 0 Å². The Hall–Kier alpha value is -1.90. The van der Waals surface area contributed by atoms with Crippen LogP contribution >= 0.6 is 0 Å². The molecule has 0 heterocycles. The molecule has 0 amide bonds. The lowest BCUT2D eigenvalue weighted by molar-refractivity contribution is 0.403. The van der Waals surface area contributed by atoms with Crippen LogP contribution in [0, 0.1) is 0 Å². The molecule has 0 aliphatic rings. The van der Waals surface area contributed by atoms with E-state index in [2.05, 4.69) is 86.5 Å². The largest absolute Gasteiger partial charge is 0.305 e. The molecule has 2 heteroatoms. The minimum atomic E-state index is 0.981. The quantitative estimate of drug-likeness (QED) is 0.668. The summed E-state index contributed by atoms with van der Waals surface area (Å²) in [6.07, 6.45) is 0. The molecule has 0 atom stereocenters. The van der Waals surface area contributed by atoms with Gasteiger partial charge in [0.15, 0.2) is 0 Å². The van der Waals surface area contributed by atoms with Crippen molar-refractivity contribution in [1.82, 2.24) is 9.80 Å². The Morgan fingerprint density at radius 3 is 1.36 bits per heavy atom. The predicted octanol–water partition coefficient (Wildman–Crippen LogP) is 4.12. The number of nitrogens with zero attached hydrogens (tertiary/aromatic N) is 2. The summed E-state index contributed by atoms with van der Waals surface area (Å²) in [5.41, 5.74) is 2.72. The van der Waals surface area contributed by atoms with Gasteiger partial charge in [0.1, 0.15) is 0 Å². The average Bonchev–Trinajstić information content (AvgIpc) is 2.43. The second-order valence-electron chi connectivity index (χ2n) is 6.69. The third-order valence-electron chi connectivity index (χ3n) is 3.92. The summed E-state index contributed by atoms with van der Waals surface area (Å²) in [6, 6.07) is 18.2. The molecule has 0 radical (unpaired) electrons. The smallest absolute Gasteiger partial charge is 0.0227 e. The molecule has 0 aliphatic carbocycles. The van der Waals surface area contributed by atoms with Crippen LogP contribution in [0.4, 0.5) is 0 Å². The van der Waals surface area contributed by atoms with Crippen molar-refractivity contribution in [3.63, 3.8) is 0 Å². The van der Waals surface area contributed by atoms with Crippen LogP contribution in [0.1, 0.15) is 11.1 Å². The summed E-state index contributed by atoms with van der Waals surface area (Å²) >= 11 is 0. The van der Waals surface area contributed by atoms with Gasteiger partial charge in [-0.2, -0.15) is 0 Å². The van der Waals surface area contributed by atoms with Gasteiger partial charge in [-0.15, -0.1) is 0 Å². The predicted molar refractivity (Wildman–Crippen MR) is 96.2 cm³/mol. The van der Waals surface area contributed by atoms with Gasteiger partial charge in [0.25, 0.3) is 0 Å². The number of hydrogen-bond acceptors (Lipinski definition) is 2. The van der Waals surface area contributed by atoms with Gasteiger partial charge in [-0.1, -0.05) is 24.3 Å². The lowest BCUT2D eigenvalue weighted by atomic mass is 10.00. The Labute approximate surface area is 133 Å². The molecule has 0 N–H and O–H groups in total.